The minimum absolute atomic E-state index is 0.103. The first-order chi connectivity index (χ1) is 28.4. The highest BCUT2D eigenvalue weighted by molar-refractivity contribution is 6.36. The number of methoxy groups -OCH3 is 3. The Hall–Kier alpha value is -5.98. The zero-order valence-electron chi connectivity index (χ0n) is 32.4. The van der Waals surface area contributed by atoms with Gasteiger partial charge in [-0.15, -0.1) is 0 Å². The van der Waals surface area contributed by atoms with Gasteiger partial charge < -0.3 is 24.4 Å². The van der Waals surface area contributed by atoms with E-state index in [0.29, 0.717) is 28.3 Å². The van der Waals surface area contributed by atoms with Crippen molar-refractivity contribution in [1.29, 1.82) is 0 Å². The van der Waals surface area contributed by atoms with Crippen molar-refractivity contribution in [2.45, 2.75) is 24.7 Å². The summed E-state index contributed by atoms with van der Waals surface area (Å²) in [6.45, 7) is 0.154. The summed E-state index contributed by atoms with van der Waals surface area (Å²) in [6.07, 6.45) is 6.37. The first-order valence-corrected chi connectivity index (χ1v) is 19.9. The van der Waals surface area contributed by atoms with Gasteiger partial charge in [0, 0.05) is 17.5 Å². The number of nitrogens with one attached hydrogen (secondary N) is 1. The molecule has 4 aliphatic rings. The summed E-state index contributed by atoms with van der Waals surface area (Å²) in [5.41, 5.74) is 4.48. The Kier molecular flexibility index (Phi) is 10.6. The van der Waals surface area contributed by atoms with E-state index in [0.717, 1.165) is 16.1 Å². The summed E-state index contributed by atoms with van der Waals surface area (Å²) in [5, 5.41) is 22.0. The molecule has 4 aromatic rings. The molecule has 0 radical (unpaired) electrons. The Morgan fingerprint density at radius 2 is 1.53 bits per heavy atom. The van der Waals surface area contributed by atoms with E-state index in [1.807, 2.05) is 12.2 Å². The van der Waals surface area contributed by atoms with Crippen molar-refractivity contribution in [2.75, 3.05) is 33.3 Å². The second kappa shape index (κ2) is 15.6. The highest BCUT2D eigenvalue weighted by atomic mass is 35.5. The molecule has 4 aromatic carbocycles. The number of phenolic OH excluding ortho intramolecular Hbond substituents is 2. The molecular formula is C45H41Cl2N3O9. The smallest absolute Gasteiger partial charge is 0.260 e. The predicted molar refractivity (Wildman–Crippen MR) is 220 cm³/mol. The molecule has 2 saturated heterocycles. The minimum Gasteiger partial charge on any atom is -0.508 e. The fourth-order valence-electron chi connectivity index (χ4n) is 9.50. The fourth-order valence-corrected chi connectivity index (χ4v) is 9.95. The van der Waals surface area contributed by atoms with Crippen molar-refractivity contribution in [1.82, 2.24) is 9.91 Å². The maximum Gasteiger partial charge on any atom is 0.260 e. The minimum atomic E-state index is -1.55. The summed E-state index contributed by atoms with van der Waals surface area (Å²) in [6, 6.07) is 21.6. The Morgan fingerprint density at radius 3 is 2.17 bits per heavy atom. The van der Waals surface area contributed by atoms with Crippen LogP contribution in [0.3, 0.4) is 0 Å². The van der Waals surface area contributed by atoms with E-state index in [1.54, 1.807) is 78.9 Å². The van der Waals surface area contributed by atoms with Crippen LogP contribution < -0.4 is 19.6 Å². The number of halogens is 2. The zero-order valence-corrected chi connectivity index (χ0v) is 33.9. The number of fused-ring (bicyclic) bond motifs is 4. The standard InChI is InChI=1S/C45H41Cl2N3O9/c1-57-29-12-7-26(8-13-29)45-33(16-6-25-20-37(58-2)40(52)38(21-25)59-3)30-14-15-31-39(43(55)49(41(31)53)19-18-24-4-10-28(51)11-5-24)32(30)23-34(45)42(54)50(44(45)56)48-36-17-9-27(46)22-35(36)47/h4-14,16-17,20-22,31-34,39,48,51-52H,15,18-19,23H2,1-3H3. The summed E-state index contributed by atoms with van der Waals surface area (Å²) in [7, 11) is 4.38. The van der Waals surface area contributed by atoms with Gasteiger partial charge in [0.15, 0.2) is 11.5 Å². The number of ether oxygens (including phenoxy) is 3. The van der Waals surface area contributed by atoms with Gasteiger partial charge in [-0.25, -0.2) is 0 Å². The van der Waals surface area contributed by atoms with Gasteiger partial charge in [-0.05, 0) is 96.5 Å². The first-order valence-electron chi connectivity index (χ1n) is 19.1. The number of nitrogens with zero attached hydrogens (tertiary/aromatic N) is 2. The molecule has 12 nitrogen and oxygen atoms in total. The van der Waals surface area contributed by atoms with Crippen molar-refractivity contribution >= 4 is 58.6 Å². The van der Waals surface area contributed by atoms with Crippen LogP contribution in [0.15, 0.2) is 96.6 Å². The maximum absolute atomic E-state index is 15.5. The van der Waals surface area contributed by atoms with Crippen LogP contribution in [-0.4, -0.2) is 71.6 Å². The van der Waals surface area contributed by atoms with Crippen LogP contribution in [0.25, 0.3) is 6.08 Å². The normalized spacial score (nSPS) is 24.8. The van der Waals surface area contributed by atoms with Crippen molar-refractivity contribution in [2.24, 2.45) is 29.6 Å². The monoisotopic (exact) mass is 837 g/mol. The van der Waals surface area contributed by atoms with E-state index >= 15 is 4.79 Å². The molecule has 0 spiro atoms. The number of carbonyl (C=O) groups is 4. The number of carbonyl (C=O) groups excluding carboxylic acids is 4. The van der Waals surface area contributed by atoms with E-state index < -0.39 is 46.8 Å². The van der Waals surface area contributed by atoms with Gasteiger partial charge in [0.2, 0.25) is 17.6 Å². The molecule has 59 heavy (non-hydrogen) atoms. The summed E-state index contributed by atoms with van der Waals surface area (Å²) in [4.78, 5) is 60.3. The van der Waals surface area contributed by atoms with Gasteiger partial charge >= 0.3 is 0 Å². The molecule has 14 heteroatoms. The highest BCUT2D eigenvalue weighted by Crippen LogP contribution is 2.61. The molecule has 3 fully saturated rings. The van der Waals surface area contributed by atoms with E-state index in [4.69, 9.17) is 37.4 Å². The molecule has 304 valence electrons. The van der Waals surface area contributed by atoms with E-state index in [-0.39, 0.29) is 64.9 Å². The number of hydrazine groups is 1. The van der Waals surface area contributed by atoms with E-state index in [2.05, 4.69) is 5.43 Å². The lowest BCUT2D eigenvalue weighted by atomic mass is 9.50. The number of benzene rings is 4. The molecule has 6 unspecified atom stereocenters. The molecular weight excluding hydrogens is 797 g/mol. The molecule has 8 rings (SSSR count). The van der Waals surface area contributed by atoms with Crippen LogP contribution in [0, 0.1) is 29.6 Å². The van der Waals surface area contributed by atoms with E-state index in [9.17, 15) is 24.6 Å². The molecule has 3 N–H and O–H groups in total. The second-order valence-electron chi connectivity index (χ2n) is 15.1. The molecule has 1 saturated carbocycles. The molecule has 2 heterocycles. The summed E-state index contributed by atoms with van der Waals surface area (Å²) in [5.74, 6) is -4.64. The van der Waals surface area contributed by atoms with Crippen molar-refractivity contribution < 1.29 is 43.6 Å². The maximum atomic E-state index is 15.5. The molecule has 2 aliphatic heterocycles. The number of likely N-dealkylation sites (tertiary alicyclic amines) is 1. The molecule has 6 atom stereocenters. The van der Waals surface area contributed by atoms with Crippen molar-refractivity contribution in [3.63, 3.8) is 0 Å². The lowest BCUT2D eigenvalue weighted by Crippen LogP contribution is -2.54. The number of amides is 4. The van der Waals surface area contributed by atoms with Gasteiger partial charge in [-0.2, -0.15) is 5.01 Å². The van der Waals surface area contributed by atoms with Gasteiger partial charge in [0.25, 0.3) is 11.8 Å². The van der Waals surface area contributed by atoms with E-state index in [1.165, 1.54) is 32.3 Å². The van der Waals surface area contributed by atoms with Gasteiger partial charge in [-0.3, -0.25) is 29.5 Å². The lowest BCUT2D eigenvalue weighted by molar-refractivity contribution is -0.141. The number of hydrogen-bond acceptors (Lipinski definition) is 10. The number of anilines is 1. The first kappa shape index (κ1) is 39.8. The lowest BCUT2D eigenvalue weighted by Gasteiger charge is -2.49. The Bertz CT molecular complexity index is 2390. The Labute approximate surface area is 350 Å². The topological polar surface area (TPSA) is 155 Å². The van der Waals surface area contributed by atoms with Crippen LogP contribution in [-0.2, 0) is 31.0 Å². The number of rotatable bonds is 11. The number of aromatic hydroxyl groups is 2. The van der Waals surface area contributed by atoms with Crippen LogP contribution in [0.4, 0.5) is 5.69 Å². The molecule has 4 amide bonds. The Balaban J connectivity index is 1.27. The fraction of sp³-hybridized carbons (Fsp3) is 0.289. The molecule has 2 aliphatic carbocycles. The van der Waals surface area contributed by atoms with Crippen molar-refractivity contribution in [3.8, 4) is 28.7 Å². The van der Waals surface area contributed by atoms with Crippen LogP contribution in [0.5, 0.6) is 28.7 Å². The third-order valence-electron chi connectivity index (χ3n) is 12.3. The third kappa shape index (κ3) is 6.64. The largest absolute Gasteiger partial charge is 0.508 e. The van der Waals surface area contributed by atoms with Crippen LogP contribution in [0.2, 0.25) is 10.0 Å². The van der Waals surface area contributed by atoms with Crippen molar-refractivity contribution in [3.05, 3.63) is 123 Å². The number of allylic oxidation sites excluding steroid dienone is 3. The van der Waals surface area contributed by atoms with Crippen LogP contribution in [0.1, 0.15) is 29.5 Å². The second-order valence-corrected chi connectivity index (χ2v) is 16.0. The van der Waals surface area contributed by atoms with Gasteiger partial charge in [0.1, 0.15) is 11.5 Å². The number of phenols is 2. The average molecular weight is 839 g/mol. The average Bonchev–Trinajstić information content (AvgIpc) is 3.61. The Morgan fingerprint density at radius 1 is 0.831 bits per heavy atom. The highest BCUT2D eigenvalue weighted by Gasteiger charge is 2.69. The van der Waals surface area contributed by atoms with Gasteiger partial charge in [0.05, 0.1) is 55.2 Å². The third-order valence-corrected chi connectivity index (χ3v) is 12.8. The molecule has 0 aromatic heterocycles. The summed E-state index contributed by atoms with van der Waals surface area (Å²) < 4.78 is 16.4. The van der Waals surface area contributed by atoms with Gasteiger partial charge in [-0.1, -0.05) is 71.3 Å². The quantitative estimate of drug-likeness (QED) is 0.104. The SMILES string of the molecule is COc1ccc(C23C(=O)N(Nc4ccc(Cl)cc4Cl)C(=O)C2CC2C(=CCC4C(=O)N(CCc5ccc(O)cc5)C(=O)C42)C3C=Cc2cc(OC)c(O)c(OC)c2)cc1. The van der Waals surface area contributed by atoms with Crippen LogP contribution >= 0.6 is 23.2 Å². The number of hydrogen-bond donors (Lipinski definition) is 3. The summed E-state index contributed by atoms with van der Waals surface area (Å²) >= 11 is 12.8. The predicted octanol–water partition coefficient (Wildman–Crippen LogP) is 7.20. The number of imide groups is 2. The molecule has 0 bridgehead atoms. The zero-order chi connectivity index (χ0) is 41.7.